The molecule has 7 nitrogen and oxygen atoms in total. The van der Waals surface area contributed by atoms with Crippen molar-refractivity contribution in [1.82, 2.24) is 10.6 Å². The van der Waals surface area contributed by atoms with Gasteiger partial charge in [-0.05, 0) is 30.4 Å². The Kier molecular flexibility index (Phi) is 8.64. The Hall–Kier alpha value is -1.26. The molecule has 3 N–H and O–H groups in total. The van der Waals surface area contributed by atoms with Gasteiger partial charge in [0, 0.05) is 22.7 Å². The highest BCUT2D eigenvalue weighted by Crippen LogP contribution is 2.34. The van der Waals surface area contributed by atoms with Gasteiger partial charge in [-0.25, -0.2) is 0 Å². The van der Waals surface area contributed by atoms with Crippen molar-refractivity contribution in [3.8, 4) is 0 Å². The lowest BCUT2D eigenvalue weighted by Gasteiger charge is -2.28. The summed E-state index contributed by atoms with van der Waals surface area (Å²) >= 11 is 41.0. The fourth-order valence-electron chi connectivity index (χ4n) is 2.12. The quantitative estimate of drug-likeness (QED) is 0.140. The maximum absolute atomic E-state index is 12.5. The molecule has 0 saturated carbocycles. The topological polar surface area (TPSA) is 96.3 Å². The molecule has 0 heterocycles. The highest BCUT2D eigenvalue weighted by molar-refractivity contribution is 7.80. The van der Waals surface area contributed by atoms with Gasteiger partial charge in [-0.15, -0.1) is 0 Å². The van der Waals surface area contributed by atoms with Crippen molar-refractivity contribution in [2.45, 2.75) is 9.96 Å². The van der Waals surface area contributed by atoms with Crippen LogP contribution >= 0.6 is 81.8 Å². The highest BCUT2D eigenvalue weighted by atomic mass is 35.6. The Labute approximate surface area is 206 Å². The Morgan fingerprint density at radius 2 is 1.67 bits per heavy atom. The molecule has 0 aliphatic carbocycles. The second kappa shape index (κ2) is 10.4. The lowest BCUT2D eigenvalue weighted by atomic mass is 10.2. The van der Waals surface area contributed by atoms with Crippen LogP contribution in [0, 0.1) is 10.1 Å². The fourth-order valence-corrected chi connectivity index (χ4v) is 3.58. The second-order valence-electron chi connectivity index (χ2n) is 5.60. The van der Waals surface area contributed by atoms with E-state index in [1.165, 1.54) is 30.3 Å². The maximum Gasteiger partial charge on any atom is 0.270 e. The Bertz CT molecular complexity index is 978. The van der Waals surface area contributed by atoms with Crippen LogP contribution in [0.2, 0.25) is 15.1 Å². The van der Waals surface area contributed by atoms with Crippen molar-refractivity contribution in [3.05, 3.63) is 67.1 Å². The lowest BCUT2D eigenvalue weighted by molar-refractivity contribution is -0.384. The number of nitro benzene ring substituents is 1. The van der Waals surface area contributed by atoms with Gasteiger partial charge in [0.1, 0.15) is 6.17 Å². The normalized spacial score (nSPS) is 12.1. The third kappa shape index (κ3) is 6.88. The molecule has 0 bridgehead atoms. The van der Waals surface area contributed by atoms with Crippen molar-refractivity contribution < 1.29 is 9.72 Å². The van der Waals surface area contributed by atoms with E-state index in [9.17, 15) is 14.9 Å². The number of anilines is 1. The zero-order chi connectivity index (χ0) is 22.6. The van der Waals surface area contributed by atoms with Crippen LogP contribution in [0.15, 0.2) is 36.4 Å². The zero-order valence-electron chi connectivity index (χ0n) is 14.4. The van der Waals surface area contributed by atoms with E-state index in [1.54, 1.807) is 0 Å². The maximum atomic E-state index is 12.5. The summed E-state index contributed by atoms with van der Waals surface area (Å²) < 4.78 is -2.05. The van der Waals surface area contributed by atoms with Crippen molar-refractivity contribution in [2.24, 2.45) is 0 Å². The molecule has 0 radical (unpaired) electrons. The van der Waals surface area contributed by atoms with Crippen LogP contribution in [0.3, 0.4) is 0 Å². The predicted molar refractivity (Wildman–Crippen MR) is 125 cm³/mol. The van der Waals surface area contributed by atoms with Gasteiger partial charge in [0.05, 0.1) is 20.7 Å². The standard InChI is InChI=1S/C16H10Cl6N4O3S/c17-8-5-10(18)12(11(19)6-8)23-15(30)25-14(16(20,21)22)24-13(27)7-2-1-3-9(4-7)26(28)29/h1-6,14H,(H,24,27)(H2,23,25,30)/t14-/m1/s1. The molecule has 0 saturated heterocycles. The van der Waals surface area contributed by atoms with E-state index in [-0.39, 0.29) is 32.1 Å². The summed E-state index contributed by atoms with van der Waals surface area (Å²) in [7, 11) is 0. The van der Waals surface area contributed by atoms with Crippen molar-refractivity contribution in [1.29, 1.82) is 0 Å². The van der Waals surface area contributed by atoms with Crippen molar-refractivity contribution >= 4 is 104 Å². The van der Waals surface area contributed by atoms with Gasteiger partial charge in [0.15, 0.2) is 5.11 Å². The first-order valence-electron chi connectivity index (χ1n) is 7.72. The van der Waals surface area contributed by atoms with E-state index < -0.39 is 20.8 Å². The van der Waals surface area contributed by atoms with Gasteiger partial charge >= 0.3 is 0 Å². The van der Waals surface area contributed by atoms with E-state index in [4.69, 9.17) is 81.8 Å². The monoisotopic (exact) mass is 548 g/mol. The molecule has 0 spiro atoms. The third-order valence-corrected chi connectivity index (χ3v) is 5.13. The number of hydrogen-bond donors (Lipinski definition) is 3. The SMILES string of the molecule is O=C(N[C@H](NC(=S)Nc1c(Cl)cc(Cl)cc1Cl)C(Cl)(Cl)Cl)c1cccc([N+](=O)[O-])c1. The molecular weight excluding hydrogens is 541 g/mol. The summed E-state index contributed by atoms with van der Waals surface area (Å²) in [6, 6.07) is 7.91. The molecule has 2 rings (SSSR count). The van der Waals surface area contributed by atoms with Crippen LogP contribution in [0.5, 0.6) is 0 Å². The fraction of sp³-hybridized carbons (Fsp3) is 0.125. The average molecular weight is 551 g/mol. The molecule has 1 atom stereocenters. The Morgan fingerprint density at radius 1 is 1.07 bits per heavy atom. The largest absolute Gasteiger partial charge is 0.339 e. The molecule has 0 fully saturated rings. The molecule has 30 heavy (non-hydrogen) atoms. The molecule has 2 aromatic rings. The number of carbonyl (C=O) groups excluding carboxylic acids is 1. The van der Waals surface area contributed by atoms with Gasteiger partial charge in [0.2, 0.25) is 3.79 Å². The van der Waals surface area contributed by atoms with Crippen LogP contribution < -0.4 is 16.0 Å². The number of amides is 1. The highest BCUT2D eigenvalue weighted by Gasteiger charge is 2.35. The number of benzene rings is 2. The summed E-state index contributed by atoms with van der Waals surface area (Å²) in [4.78, 5) is 22.7. The number of halogens is 6. The van der Waals surface area contributed by atoms with Crippen LogP contribution in [-0.4, -0.2) is 25.9 Å². The van der Waals surface area contributed by atoms with E-state index in [0.717, 1.165) is 6.07 Å². The number of non-ortho nitro benzene ring substituents is 1. The summed E-state index contributed by atoms with van der Waals surface area (Å²) in [5.74, 6) is -0.743. The molecule has 14 heteroatoms. The Balaban J connectivity index is 2.17. The van der Waals surface area contributed by atoms with Gasteiger partial charge in [-0.3, -0.25) is 14.9 Å². The zero-order valence-corrected chi connectivity index (χ0v) is 19.7. The molecule has 0 unspecified atom stereocenters. The number of carbonyl (C=O) groups is 1. The first-order chi connectivity index (χ1) is 13.9. The molecule has 0 aliphatic heterocycles. The predicted octanol–water partition coefficient (Wildman–Crippen LogP) is 5.97. The van der Waals surface area contributed by atoms with E-state index in [2.05, 4.69) is 16.0 Å². The smallest absolute Gasteiger partial charge is 0.270 e. The minimum absolute atomic E-state index is 0.0204. The number of hydrogen-bond acceptors (Lipinski definition) is 4. The average Bonchev–Trinajstić information content (AvgIpc) is 2.63. The van der Waals surface area contributed by atoms with Gasteiger partial charge in [-0.1, -0.05) is 75.7 Å². The number of nitrogens with zero attached hydrogens (tertiary/aromatic N) is 1. The third-order valence-electron chi connectivity index (χ3n) is 3.44. The molecule has 0 aliphatic rings. The first-order valence-corrected chi connectivity index (χ1v) is 10.4. The summed E-state index contributed by atoms with van der Waals surface area (Å²) in [5.41, 5.74) is -0.0496. The van der Waals surface area contributed by atoms with Gasteiger partial charge in [0.25, 0.3) is 11.6 Å². The van der Waals surface area contributed by atoms with E-state index in [0.29, 0.717) is 5.02 Å². The van der Waals surface area contributed by atoms with E-state index in [1.807, 2.05) is 0 Å². The molecular formula is C16H10Cl6N4O3S. The first kappa shape index (κ1) is 25.0. The molecule has 1 amide bonds. The van der Waals surface area contributed by atoms with Gasteiger partial charge in [-0.2, -0.15) is 0 Å². The minimum atomic E-state index is -2.05. The summed E-state index contributed by atoms with van der Waals surface area (Å²) in [6.07, 6.45) is -1.32. The van der Waals surface area contributed by atoms with Gasteiger partial charge < -0.3 is 16.0 Å². The number of nitrogens with one attached hydrogen (secondary N) is 3. The summed E-state index contributed by atoms with van der Waals surface area (Å²) in [6.45, 7) is 0. The minimum Gasteiger partial charge on any atom is -0.339 e. The van der Waals surface area contributed by atoms with Crippen molar-refractivity contribution in [3.63, 3.8) is 0 Å². The Morgan fingerprint density at radius 3 is 2.20 bits per heavy atom. The second-order valence-corrected chi connectivity index (χ2v) is 9.63. The van der Waals surface area contributed by atoms with Crippen molar-refractivity contribution in [2.75, 3.05) is 5.32 Å². The number of thiocarbonyl (C=S) groups is 1. The molecule has 2 aromatic carbocycles. The number of alkyl halides is 3. The lowest BCUT2D eigenvalue weighted by Crippen LogP contribution is -2.56. The molecule has 160 valence electrons. The summed E-state index contributed by atoms with van der Waals surface area (Å²) in [5, 5.41) is 19.3. The van der Waals surface area contributed by atoms with Crippen LogP contribution in [-0.2, 0) is 0 Å². The van der Waals surface area contributed by atoms with Crippen LogP contribution in [0.1, 0.15) is 10.4 Å². The van der Waals surface area contributed by atoms with Crippen LogP contribution in [0.25, 0.3) is 0 Å². The molecule has 0 aromatic heterocycles. The van der Waals surface area contributed by atoms with Crippen LogP contribution in [0.4, 0.5) is 11.4 Å². The number of rotatable bonds is 5. The number of nitro groups is 1. The van der Waals surface area contributed by atoms with E-state index >= 15 is 0 Å².